The summed E-state index contributed by atoms with van der Waals surface area (Å²) in [5, 5.41) is 8.53. The van der Waals surface area contributed by atoms with Gasteiger partial charge in [0.15, 0.2) is 0 Å². The van der Waals surface area contributed by atoms with Gasteiger partial charge in [0.2, 0.25) is 10.0 Å². The number of sulfonamides is 1. The van der Waals surface area contributed by atoms with E-state index in [4.69, 9.17) is 5.11 Å². The summed E-state index contributed by atoms with van der Waals surface area (Å²) in [5.41, 5.74) is -0.701. The van der Waals surface area contributed by atoms with Crippen LogP contribution in [0, 0.1) is 0 Å². The van der Waals surface area contributed by atoms with Crippen molar-refractivity contribution in [2.75, 3.05) is 0 Å². The minimum Gasteiger partial charge on any atom is -0.481 e. The zero-order chi connectivity index (χ0) is 12.5. The second kappa shape index (κ2) is 4.57. The zero-order valence-electron chi connectivity index (χ0n) is 9.81. The van der Waals surface area contributed by atoms with Crippen molar-refractivity contribution in [1.29, 1.82) is 0 Å². The Kier molecular flexibility index (Phi) is 3.45. The first-order chi connectivity index (χ1) is 7.94. The van der Waals surface area contributed by atoms with Crippen LogP contribution in [0.2, 0.25) is 0 Å². The molecular weight excluding hydrogens is 242 g/mol. The van der Waals surface area contributed by atoms with E-state index in [1.165, 1.54) is 0 Å². The van der Waals surface area contributed by atoms with E-state index in [2.05, 4.69) is 4.72 Å². The van der Waals surface area contributed by atoms with Crippen LogP contribution in [-0.4, -0.2) is 30.3 Å². The van der Waals surface area contributed by atoms with Crippen molar-refractivity contribution in [3.8, 4) is 0 Å². The largest absolute Gasteiger partial charge is 0.481 e. The second-order valence-electron chi connectivity index (χ2n) is 5.26. The van der Waals surface area contributed by atoms with Crippen LogP contribution in [0.25, 0.3) is 0 Å². The molecule has 0 aromatic rings. The highest BCUT2D eigenvalue weighted by molar-refractivity contribution is 7.90. The Balaban J connectivity index is 2.05. The maximum Gasteiger partial charge on any atom is 0.305 e. The van der Waals surface area contributed by atoms with Gasteiger partial charge in [0.25, 0.3) is 0 Å². The van der Waals surface area contributed by atoms with Gasteiger partial charge >= 0.3 is 5.97 Å². The molecule has 2 rings (SSSR count). The van der Waals surface area contributed by atoms with Gasteiger partial charge in [-0.1, -0.05) is 12.8 Å². The van der Waals surface area contributed by atoms with E-state index < -0.39 is 21.5 Å². The average Bonchev–Trinajstić information content (AvgIpc) is 2.66. The maximum absolute atomic E-state index is 12.1. The number of nitrogens with one attached hydrogen (secondary N) is 1. The molecule has 17 heavy (non-hydrogen) atoms. The van der Waals surface area contributed by atoms with Crippen LogP contribution < -0.4 is 4.72 Å². The van der Waals surface area contributed by atoms with Crippen LogP contribution in [0.5, 0.6) is 0 Å². The standard InChI is InChI=1S/C11H19NO4S/c13-10(14)8-11(6-3-7-11)12-17(15,16)9-4-1-2-5-9/h9,12H,1-8H2,(H,13,14). The van der Waals surface area contributed by atoms with Crippen LogP contribution in [0.15, 0.2) is 0 Å². The lowest BCUT2D eigenvalue weighted by molar-refractivity contribution is -0.139. The molecule has 2 fully saturated rings. The summed E-state index contributed by atoms with van der Waals surface area (Å²) < 4.78 is 26.9. The first-order valence-electron chi connectivity index (χ1n) is 6.18. The van der Waals surface area contributed by atoms with Gasteiger partial charge in [-0.3, -0.25) is 4.79 Å². The number of carboxylic acids is 1. The van der Waals surface area contributed by atoms with Gasteiger partial charge in [-0.15, -0.1) is 0 Å². The van der Waals surface area contributed by atoms with Crippen molar-refractivity contribution in [3.63, 3.8) is 0 Å². The van der Waals surface area contributed by atoms with Crippen molar-refractivity contribution >= 4 is 16.0 Å². The van der Waals surface area contributed by atoms with E-state index in [9.17, 15) is 13.2 Å². The van der Waals surface area contributed by atoms with E-state index in [1.807, 2.05) is 0 Å². The summed E-state index contributed by atoms with van der Waals surface area (Å²) in [6.45, 7) is 0. The molecule has 2 aliphatic rings. The number of rotatable bonds is 5. The Morgan fingerprint density at radius 3 is 2.24 bits per heavy atom. The molecule has 0 amide bonds. The Labute approximate surface area is 102 Å². The van der Waals surface area contributed by atoms with Gasteiger partial charge in [0.1, 0.15) is 0 Å². The SMILES string of the molecule is O=C(O)CC1(NS(=O)(=O)C2CCCC2)CCC1. The number of hydrogen-bond donors (Lipinski definition) is 2. The normalized spacial score (nSPS) is 24.5. The molecule has 5 nitrogen and oxygen atoms in total. The zero-order valence-corrected chi connectivity index (χ0v) is 10.6. The van der Waals surface area contributed by atoms with E-state index in [1.54, 1.807) is 0 Å². The first kappa shape index (κ1) is 12.8. The highest BCUT2D eigenvalue weighted by Gasteiger charge is 2.44. The molecule has 0 bridgehead atoms. The minimum absolute atomic E-state index is 0.0983. The summed E-state index contributed by atoms with van der Waals surface area (Å²) in [6.07, 6.45) is 5.42. The van der Waals surface area contributed by atoms with Crippen LogP contribution in [0.4, 0.5) is 0 Å². The second-order valence-corrected chi connectivity index (χ2v) is 7.22. The third kappa shape index (κ3) is 2.80. The molecule has 2 aliphatic carbocycles. The molecule has 6 heteroatoms. The van der Waals surface area contributed by atoms with Gasteiger partial charge in [0, 0.05) is 5.54 Å². The van der Waals surface area contributed by atoms with Gasteiger partial charge in [-0.05, 0) is 32.1 Å². The van der Waals surface area contributed by atoms with E-state index in [0.29, 0.717) is 25.7 Å². The van der Waals surface area contributed by atoms with Crippen molar-refractivity contribution in [3.05, 3.63) is 0 Å². The first-order valence-corrected chi connectivity index (χ1v) is 7.73. The Morgan fingerprint density at radius 1 is 1.24 bits per heavy atom. The Bertz CT molecular complexity index is 394. The molecule has 0 aromatic carbocycles. The molecule has 0 unspecified atom stereocenters. The lowest BCUT2D eigenvalue weighted by Crippen LogP contribution is -2.56. The highest BCUT2D eigenvalue weighted by Crippen LogP contribution is 2.37. The lowest BCUT2D eigenvalue weighted by Gasteiger charge is -2.41. The molecule has 0 heterocycles. The van der Waals surface area contributed by atoms with Crippen molar-refractivity contribution in [2.45, 2.75) is 62.2 Å². The van der Waals surface area contributed by atoms with Gasteiger partial charge < -0.3 is 5.11 Å². The number of aliphatic carboxylic acids is 1. The fourth-order valence-electron chi connectivity index (χ4n) is 2.79. The van der Waals surface area contributed by atoms with Crippen molar-refractivity contribution < 1.29 is 18.3 Å². The quantitative estimate of drug-likeness (QED) is 0.780. The predicted octanol–water partition coefficient (Wildman–Crippen LogP) is 1.25. The van der Waals surface area contributed by atoms with Crippen molar-refractivity contribution in [1.82, 2.24) is 4.72 Å². The third-order valence-electron chi connectivity index (χ3n) is 3.90. The summed E-state index contributed by atoms with van der Waals surface area (Å²) in [7, 11) is -3.34. The fraction of sp³-hybridized carbons (Fsp3) is 0.909. The molecule has 0 saturated heterocycles. The average molecular weight is 261 g/mol. The summed E-state index contributed by atoms with van der Waals surface area (Å²) in [4.78, 5) is 10.8. The molecular formula is C11H19NO4S. The Morgan fingerprint density at radius 2 is 1.82 bits per heavy atom. The van der Waals surface area contributed by atoms with Gasteiger partial charge in [0.05, 0.1) is 11.7 Å². The maximum atomic E-state index is 12.1. The minimum atomic E-state index is -3.34. The lowest BCUT2D eigenvalue weighted by atomic mass is 9.75. The third-order valence-corrected chi connectivity index (χ3v) is 5.97. The Hall–Kier alpha value is -0.620. The smallest absolute Gasteiger partial charge is 0.305 e. The van der Waals surface area contributed by atoms with Crippen LogP contribution in [-0.2, 0) is 14.8 Å². The van der Waals surface area contributed by atoms with Gasteiger partial charge in [-0.25, -0.2) is 13.1 Å². The summed E-state index contributed by atoms with van der Waals surface area (Å²) >= 11 is 0. The van der Waals surface area contributed by atoms with E-state index in [-0.39, 0.29) is 11.7 Å². The number of carboxylic acid groups (broad SMARTS) is 1. The molecule has 0 aromatic heterocycles. The summed E-state index contributed by atoms with van der Waals surface area (Å²) in [5.74, 6) is -0.932. The molecule has 0 spiro atoms. The molecule has 98 valence electrons. The van der Waals surface area contributed by atoms with E-state index in [0.717, 1.165) is 19.3 Å². The molecule has 0 aliphatic heterocycles. The van der Waals surface area contributed by atoms with Crippen LogP contribution >= 0.6 is 0 Å². The van der Waals surface area contributed by atoms with Gasteiger partial charge in [-0.2, -0.15) is 0 Å². The molecule has 2 N–H and O–H groups in total. The topological polar surface area (TPSA) is 83.5 Å². The molecule has 0 atom stereocenters. The van der Waals surface area contributed by atoms with Crippen LogP contribution in [0.3, 0.4) is 0 Å². The predicted molar refractivity (Wildman–Crippen MR) is 63.1 cm³/mol. The molecule has 2 saturated carbocycles. The highest BCUT2D eigenvalue weighted by atomic mass is 32.2. The fourth-order valence-corrected chi connectivity index (χ4v) is 4.79. The number of carbonyl (C=O) groups is 1. The van der Waals surface area contributed by atoms with Crippen LogP contribution in [0.1, 0.15) is 51.4 Å². The van der Waals surface area contributed by atoms with E-state index >= 15 is 0 Å². The summed E-state index contributed by atoms with van der Waals surface area (Å²) in [6, 6.07) is 0. The molecule has 0 radical (unpaired) electrons. The number of hydrogen-bond acceptors (Lipinski definition) is 3. The van der Waals surface area contributed by atoms with Crippen molar-refractivity contribution in [2.24, 2.45) is 0 Å². The monoisotopic (exact) mass is 261 g/mol.